The number of urea groups is 1. The number of amides is 3. The second-order valence-electron chi connectivity index (χ2n) is 12.7. The van der Waals surface area contributed by atoms with Gasteiger partial charge in [0, 0.05) is 31.7 Å². The Kier molecular flexibility index (Phi) is 16.3. The van der Waals surface area contributed by atoms with Gasteiger partial charge in [-0.15, -0.1) is 0 Å². The van der Waals surface area contributed by atoms with Gasteiger partial charge in [0.1, 0.15) is 17.7 Å². The summed E-state index contributed by atoms with van der Waals surface area (Å²) in [7, 11) is -2.26. The van der Waals surface area contributed by atoms with Crippen molar-refractivity contribution < 1.29 is 31.9 Å². The molecule has 0 aromatic heterocycles. The van der Waals surface area contributed by atoms with Gasteiger partial charge in [-0.1, -0.05) is 88.2 Å². The summed E-state index contributed by atoms with van der Waals surface area (Å²) >= 11 is 0. The number of aryl methyl sites for hydroxylation is 1. The Labute approximate surface area is 295 Å². The van der Waals surface area contributed by atoms with Crippen LogP contribution in [0.1, 0.15) is 68.7 Å². The van der Waals surface area contributed by atoms with E-state index in [-0.39, 0.29) is 26.1 Å². The van der Waals surface area contributed by atoms with E-state index in [9.17, 15) is 31.9 Å². The SMILES string of the molecule is CCCC(CCC)S(=O)(=O)C[C@H](NC(=O)NCc1ccccc1)C(=O)N(Cc1cccc(CC)c1)C[C@@H](O)[C@H](Cc1cc(F)cc(F)c1)NC. The van der Waals surface area contributed by atoms with Crippen molar-refractivity contribution in [3.05, 3.63) is 107 Å². The highest BCUT2D eigenvalue weighted by molar-refractivity contribution is 7.92. The van der Waals surface area contributed by atoms with E-state index in [1.165, 1.54) is 17.0 Å². The molecule has 0 spiro atoms. The van der Waals surface area contributed by atoms with Crippen LogP contribution in [0.15, 0.2) is 72.8 Å². The van der Waals surface area contributed by atoms with Crippen LogP contribution in [0.4, 0.5) is 13.6 Å². The molecular weight excluding hydrogens is 663 g/mol. The highest BCUT2D eigenvalue weighted by Crippen LogP contribution is 2.19. The first kappa shape index (κ1) is 40.6. The number of rotatable bonds is 20. The lowest BCUT2D eigenvalue weighted by molar-refractivity contribution is -0.135. The third kappa shape index (κ3) is 12.8. The lowest BCUT2D eigenvalue weighted by Crippen LogP contribution is -2.56. The van der Waals surface area contributed by atoms with Crippen LogP contribution >= 0.6 is 0 Å². The van der Waals surface area contributed by atoms with Crippen molar-refractivity contribution >= 4 is 21.8 Å². The fourth-order valence-corrected chi connectivity index (χ4v) is 8.22. The van der Waals surface area contributed by atoms with Crippen molar-refractivity contribution in [3.63, 3.8) is 0 Å². The molecule has 3 amide bonds. The van der Waals surface area contributed by atoms with Crippen molar-refractivity contribution in [1.29, 1.82) is 0 Å². The van der Waals surface area contributed by atoms with Gasteiger partial charge in [0.15, 0.2) is 9.84 Å². The van der Waals surface area contributed by atoms with Gasteiger partial charge in [-0.2, -0.15) is 0 Å². The Balaban J connectivity index is 1.97. The predicted octanol–water partition coefficient (Wildman–Crippen LogP) is 5.30. The maximum absolute atomic E-state index is 14.5. The second kappa shape index (κ2) is 20.1. The summed E-state index contributed by atoms with van der Waals surface area (Å²) in [6.07, 6.45) is 1.69. The number of carbonyl (C=O) groups excluding carboxylic acids is 2. The molecule has 274 valence electrons. The molecule has 0 saturated carbocycles. The van der Waals surface area contributed by atoms with E-state index in [0.717, 1.165) is 29.2 Å². The Hall–Kier alpha value is -3.87. The minimum atomic E-state index is -3.85. The van der Waals surface area contributed by atoms with Crippen molar-refractivity contribution in [2.75, 3.05) is 19.3 Å². The molecule has 0 radical (unpaired) electrons. The Morgan fingerprint density at radius 2 is 1.46 bits per heavy atom. The van der Waals surface area contributed by atoms with E-state index in [1.807, 2.05) is 75.4 Å². The highest BCUT2D eigenvalue weighted by atomic mass is 32.2. The first-order valence-electron chi connectivity index (χ1n) is 17.4. The number of aliphatic hydroxyl groups is 1. The van der Waals surface area contributed by atoms with Crippen LogP contribution in [0.5, 0.6) is 0 Å². The third-order valence-corrected chi connectivity index (χ3v) is 11.0. The van der Waals surface area contributed by atoms with E-state index in [1.54, 1.807) is 7.05 Å². The van der Waals surface area contributed by atoms with Crippen LogP contribution in [-0.2, 0) is 40.6 Å². The number of sulfone groups is 1. The summed E-state index contributed by atoms with van der Waals surface area (Å²) in [4.78, 5) is 29.1. The number of halogens is 2. The molecule has 0 aliphatic carbocycles. The van der Waals surface area contributed by atoms with Gasteiger partial charge in [0.05, 0.1) is 17.1 Å². The van der Waals surface area contributed by atoms with E-state index in [4.69, 9.17) is 0 Å². The lowest BCUT2D eigenvalue weighted by Gasteiger charge is -2.33. The molecular formula is C38H52F2N4O5S. The molecule has 0 bridgehead atoms. The molecule has 0 saturated heterocycles. The van der Waals surface area contributed by atoms with Crippen molar-refractivity contribution in [3.8, 4) is 0 Å². The normalized spacial score (nSPS) is 13.4. The zero-order valence-corrected chi connectivity index (χ0v) is 30.3. The second-order valence-corrected chi connectivity index (χ2v) is 15.1. The van der Waals surface area contributed by atoms with Gasteiger partial charge >= 0.3 is 6.03 Å². The maximum atomic E-state index is 14.5. The van der Waals surface area contributed by atoms with Gasteiger partial charge in [0.25, 0.3) is 0 Å². The Morgan fingerprint density at radius 3 is 2.06 bits per heavy atom. The molecule has 9 nitrogen and oxygen atoms in total. The number of likely N-dealkylation sites (N-methyl/N-ethyl adjacent to an activating group) is 1. The topological polar surface area (TPSA) is 128 Å². The molecule has 0 heterocycles. The standard InChI is InChI=1S/C38H52F2N4O5S/c1-5-12-33(13-6-2)50(48,49)26-35(43-38(47)42-23-28-14-9-8-10-15-28)37(46)44(24-29-17-11-16-27(7-3)18-29)25-36(45)34(41-4)21-30-19-31(39)22-32(40)20-30/h8-11,14-20,22,33-36,41,45H,5-7,12-13,21,23-26H2,1-4H3,(H2,42,43,47)/t34-,35-,36+/m0/s1. The summed E-state index contributed by atoms with van der Waals surface area (Å²) in [5, 5.41) is 19.1. The number of nitrogens with zero attached hydrogens (tertiary/aromatic N) is 1. The zero-order chi connectivity index (χ0) is 36.7. The van der Waals surface area contributed by atoms with E-state index < -0.39 is 62.6 Å². The van der Waals surface area contributed by atoms with E-state index in [2.05, 4.69) is 16.0 Å². The molecule has 3 rings (SSSR count). The molecule has 3 aromatic carbocycles. The monoisotopic (exact) mass is 714 g/mol. The smallest absolute Gasteiger partial charge is 0.315 e. The van der Waals surface area contributed by atoms with Gasteiger partial charge in [-0.3, -0.25) is 4.79 Å². The number of hydrogen-bond acceptors (Lipinski definition) is 6. The first-order valence-corrected chi connectivity index (χ1v) is 19.1. The number of hydrogen-bond donors (Lipinski definition) is 4. The maximum Gasteiger partial charge on any atom is 0.315 e. The van der Waals surface area contributed by atoms with Crippen LogP contribution in [0.25, 0.3) is 0 Å². The molecule has 3 aromatic rings. The van der Waals surface area contributed by atoms with Crippen molar-refractivity contribution in [2.45, 2.75) is 95.8 Å². The summed E-state index contributed by atoms with van der Waals surface area (Å²) in [6, 6.07) is 17.0. The minimum absolute atomic E-state index is 0.0198. The largest absolute Gasteiger partial charge is 0.390 e. The molecule has 0 aliphatic rings. The third-order valence-electron chi connectivity index (χ3n) is 8.73. The quantitative estimate of drug-likeness (QED) is 0.126. The van der Waals surface area contributed by atoms with Crippen molar-refractivity contribution in [1.82, 2.24) is 20.9 Å². The molecule has 50 heavy (non-hydrogen) atoms. The number of carbonyl (C=O) groups is 2. The number of aliphatic hydroxyl groups excluding tert-OH is 1. The summed E-state index contributed by atoms with van der Waals surface area (Å²) in [5.74, 6) is -2.79. The average Bonchev–Trinajstić information content (AvgIpc) is 3.08. The molecule has 0 aliphatic heterocycles. The van der Waals surface area contributed by atoms with Crippen LogP contribution in [0.2, 0.25) is 0 Å². The summed E-state index contributed by atoms with van der Waals surface area (Å²) in [5.41, 5.74) is 2.91. The fourth-order valence-electron chi connectivity index (χ4n) is 6.07. The van der Waals surface area contributed by atoms with Crippen LogP contribution in [0.3, 0.4) is 0 Å². The highest BCUT2D eigenvalue weighted by Gasteiger charge is 2.36. The number of nitrogens with one attached hydrogen (secondary N) is 3. The average molecular weight is 715 g/mol. The summed E-state index contributed by atoms with van der Waals surface area (Å²) < 4.78 is 55.6. The van der Waals surface area contributed by atoms with Crippen LogP contribution < -0.4 is 16.0 Å². The lowest BCUT2D eigenvalue weighted by atomic mass is 10.00. The molecule has 0 unspecified atom stereocenters. The molecule has 12 heteroatoms. The number of benzene rings is 3. The van der Waals surface area contributed by atoms with E-state index in [0.29, 0.717) is 31.2 Å². The zero-order valence-electron chi connectivity index (χ0n) is 29.5. The van der Waals surface area contributed by atoms with E-state index >= 15 is 0 Å². The Morgan fingerprint density at radius 1 is 0.840 bits per heavy atom. The molecule has 4 N–H and O–H groups in total. The molecule has 3 atom stereocenters. The fraction of sp³-hybridized carbons (Fsp3) is 0.474. The minimum Gasteiger partial charge on any atom is -0.390 e. The Bertz CT molecular complexity index is 1600. The predicted molar refractivity (Wildman–Crippen MR) is 193 cm³/mol. The van der Waals surface area contributed by atoms with Gasteiger partial charge in [-0.05, 0) is 67.1 Å². The van der Waals surface area contributed by atoms with Crippen LogP contribution in [-0.4, -0.2) is 73.1 Å². The van der Waals surface area contributed by atoms with Gasteiger partial charge in [0.2, 0.25) is 5.91 Å². The molecule has 0 fully saturated rings. The van der Waals surface area contributed by atoms with Gasteiger partial charge in [-0.25, -0.2) is 22.0 Å². The summed E-state index contributed by atoms with van der Waals surface area (Å²) in [6.45, 7) is 5.73. The van der Waals surface area contributed by atoms with Gasteiger partial charge < -0.3 is 26.0 Å². The van der Waals surface area contributed by atoms with Crippen molar-refractivity contribution in [2.24, 2.45) is 0 Å². The van der Waals surface area contributed by atoms with Crippen LogP contribution in [0, 0.1) is 11.6 Å². The first-order chi connectivity index (χ1) is 23.9.